The maximum Gasteiger partial charge on any atom is 0.358 e. The second-order valence-electron chi connectivity index (χ2n) is 5.60. The molecule has 8 heteroatoms. The van der Waals surface area contributed by atoms with Crippen molar-refractivity contribution in [1.82, 2.24) is 9.71 Å². The topological polar surface area (TPSA) is 85.4 Å². The molecule has 0 saturated carbocycles. The fourth-order valence-corrected chi connectivity index (χ4v) is 3.57. The first-order valence-electron chi connectivity index (χ1n) is 6.11. The molecule has 1 N–H and O–H groups in total. The van der Waals surface area contributed by atoms with E-state index in [0.717, 1.165) is 11.3 Å². The van der Waals surface area contributed by atoms with Gasteiger partial charge in [-0.05, 0) is 11.3 Å². The summed E-state index contributed by atoms with van der Waals surface area (Å²) in [4.78, 5) is 15.2. The number of methoxy groups -OCH3 is 1. The van der Waals surface area contributed by atoms with Crippen molar-refractivity contribution >= 4 is 27.3 Å². The van der Waals surface area contributed by atoms with Crippen molar-refractivity contribution in [3.63, 3.8) is 0 Å². The molecule has 0 fully saturated rings. The highest BCUT2D eigenvalue weighted by atomic mass is 32.2. The zero-order valence-corrected chi connectivity index (χ0v) is 13.9. The number of ether oxygens (including phenoxy) is 1. The number of esters is 1. The van der Waals surface area contributed by atoms with Crippen molar-refractivity contribution in [3.05, 3.63) is 11.2 Å². The maximum absolute atomic E-state index is 12.2. The maximum atomic E-state index is 12.2. The van der Waals surface area contributed by atoms with Crippen molar-refractivity contribution in [3.8, 4) is 0 Å². The van der Waals surface area contributed by atoms with Crippen LogP contribution in [0.3, 0.4) is 0 Å². The Morgan fingerprint density at radius 2 is 2.10 bits per heavy atom. The van der Waals surface area contributed by atoms with Gasteiger partial charge in [-0.2, -0.15) is 0 Å². The van der Waals surface area contributed by atoms with Gasteiger partial charge in [0.15, 0.2) is 9.90 Å². The number of rotatable bonds is 5. The minimum absolute atomic E-state index is 0.0125. The third-order valence-electron chi connectivity index (χ3n) is 3.22. The molecule has 20 heavy (non-hydrogen) atoms. The molecule has 1 unspecified atom stereocenters. The predicted molar refractivity (Wildman–Crippen MR) is 77.3 cm³/mol. The van der Waals surface area contributed by atoms with Gasteiger partial charge in [-0.25, -0.2) is 22.9 Å². The molecule has 1 atom stereocenters. The highest BCUT2D eigenvalue weighted by Crippen LogP contribution is 2.26. The van der Waals surface area contributed by atoms with Gasteiger partial charge in [-0.3, -0.25) is 0 Å². The summed E-state index contributed by atoms with van der Waals surface area (Å²) in [5.74, 6) is -0.609. The van der Waals surface area contributed by atoms with Crippen LogP contribution in [0.4, 0.5) is 0 Å². The van der Waals surface area contributed by atoms with E-state index >= 15 is 0 Å². The average Bonchev–Trinajstić information content (AvgIpc) is 2.83. The van der Waals surface area contributed by atoms with E-state index in [1.165, 1.54) is 12.6 Å². The molecule has 0 saturated heterocycles. The second-order valence-corrected chi connectivity index (χ2v) is 8.42. The molecule has 1 rings (SSSR count). The summed E-state index contributed by atoms with van der Waals surface area (Å²) in [6, 6.07) is 0. The summed E-state index contributed by atoms with van der Waals surface area (Å²) in [5, 5.41) is 0. The Balaban J connectivity index is 2.91. The van der Waals surface area contributed by atoms with Crippen molar-refractivity contribution in [2.24, 2.45) is 11.3 Å². The molecule has 0 aliphatic rings. The van der Waals surface area contributed by atoms with E-state index in [1.807, 2.05) is 27.7 Å². The first kappa shape index (κ1) is 17.1. The summed E-state index contributed by atoms with van der Waals surface area (Å²) in [7, 11) is -2.57. The van der Waals surface area contributed by atoms with E-state index in [0.29, 0.717) is 6.54 Å². The molecule has 0 radical (unpaired) electrons. The Morgan fingerprint density at radius 3 is 2.60 bits per heavy atom. The predicted octanol–water partition coefficient (Wildman–Crippen LogP) is 1.89. The monoisotopic (exact) mass is 320 g/mol. The molecule has 6 nitrogen and oxygen atoms in total. The first-order valence-corrected chi connectivity index (χ1v) is 8.47. The molecule has 0 aromatic carbocycles. The largest absolute Gasteiger partial charge is 0.464 e. The van der Waals surface area contributed by atoms with Crippen LogP contribution in [0.2, 0.25) is 0 Å². The van der Waals surface area contributed by atoms with E-state index in [-0.39, 0.29) is 21.2 Å². The van der Waals surface area contributed by atoms with Crippen LogP contribution in [0, 0.1) is 11.3 Å². The molecule has 0 amide bonds. The van der Waals surface area contributed by atoms with Gasteiger partial charge < -0.3 is 4.74 Å². The van der Waals surface area contributed by atoms with Crippen molar-refractivity contribution < 1.29 is 17.9 Å². The Bertz CT molecular complexity index is 573. The Labute approximate surface area is 123 Å². The fraction of sp³-hybridized carbons (Fsp3) is 0.667. The standard InChI is InChI=1S/C12H20N2O4S2/c1-8(12(2,3)4)6-14-20(16,17)11-9(10(15)18-5)13-7-19-11/h7-8,14H,6H2,1-5H3. The molecule has 1 aromatic rings. The van der Waals surface area contributed by atoms with Crippen LogP contribution >= 0.6 is 11.3 Å². The van der Waals surface area contributed by atoms with E-state index in [9.17, 15) is 13.2 Å². The number of nitrogens with zero attached hydrogens (tertiary/aromatic N) is 1. The molecule has 0 spiro atoms. The molecule has 114 valence electrons. The van der Waals surface area contributed by atoms with Gasteiger partial charge in [0.05, 0.1) is 12.6 Å². The highest BCUT2D eigenvalue weighted by molar-refractivity contribution is 7.91. The van der Waals surface area contributed by atoms with Crippen LogP contribution < -0.4 is 4.72 Å². The lowest BCUT2D eigenvalue weighted by molar-refractivity contribution is 0.0590. The van der Waals surface area contributed by atoms with Gasteiger partial charge in [-0.15, -0.1) is 11.3 Å². The molecule has 0 bridgehead atoms. The van der Waals surface area contributed by atoms with Crippen molar-refractivity contribution in [2.75, 3.05) is 13.7 Å². The Morgan fingerprint density at radius 1 is 1.50 bits per heavy atom. The molecular formula is C12H20N2O4S2. The summed E-state index contributed by atoms with van der Waals surface area (Å²) in [6.07, 6.45) is 0. The third kappa shape index (κ3) is 4.00. The molecule has 0 aliphatic carbocycles. The molecular weight excluding hydrogens is 300 g/mol. The summed E-state index contributed by atoms with van der Waals surface area (Å²) in [6.45, 7) is 8.39. The number of sulfonamides is 1. The zero-order valence-electron chi connectivity index (χ0n) is 12.3. The van der Waals surface area contributed by atoms with Crippen molar-refractivity contribution in [2.45, 2.75) is 31.9 Å². The van der Waals surface area contributed by atoms with Gasteiger partial charge in [0.2, 0.25) is 0 Å². The highest BCUT2D eigenvalue weighted by Gasteiger charge is 2.28. The number of carbonyl (C=O) groups is 1. The minimum atomic E-state index is -3.75. The van der Waals surface area contributed by atoms with Crippen LogP contribution in [-0.2, 0) is 14.8 Å². The lowest BCUT2D eigenvalue weighted by Crippen LogP contribution is -2.34. The van der Waals surface area contributed by atoms with E-state index in [4.69, 9.17) is 0 Å². The van der Waals surface area contributed by atoms with Crippen LogP contribution in [0.5, 0.6) is 0 Å². The van der Waals surface area contributed by atoms with E-state index in [2.05, 4.69) is 14.4 Å². The van der Waals surface area contributed by atoms with Crippen LogP contribution in [0.15, 0.2) is 9.72 Å². The second kappa shape index (κ2) is 6.19. The Hall–Kier alpha value is -0.990. The zero-order chi connectivity index (χ0) is 15.6. The number of nitrogens with one attached hydrogen (secondary N) is 1. The number of thiazole rings is 1. The number of hydrogen-bond donors (Lipinski definition) is 1. The number of aromatic nitrogens is 1. The SMILES string of the molecule is COC(=O)c1ncsc1S(=O)(=O)NCC(C)C(C)(C)C. The van der Waals surface area contributed by atoms with Gasteiger partial charge in [-0.1, -0.05) is 27.7 Å². The third-order valence-corrected chi connectivity index (χ3v) is 6.01. The van der Waals surface area contributed by atoms with E-state index < -0.39 is 16.0 Å². The lowest BCUT2D eigenvalue weighted by atomic mass is 9.82. The van der Waals surface area contributed by atoms with E-state index in [1.54, 1.807) is 0 Å². The molecule has 1 aromatic heterocycles. The van der Waals surface area contributed by atoms with Gasteiger partial charge in [0.1, 0.15) is 0 Å². The normalized spacial score (nSPS) is 14.1. The number of carbonyl (C=O) groups excluding carboxylic acids is 1. The quantitative estimate of drug-likeness (QED) is 0.837. The van der Waals surface area contributed by atoms with Gasteiger partial charge in [0, 0.05) is 6.54 Å². The van der Waals surface area contributed by atoms with Crippen LogP contribution in [-0.4, -0.2) is 33.0 Å². The minimum Gasteiger partial charge on any atom is -0.464 e. The summed E-state index contributed by atoms with van der Waals surface area (Å²) >= 11 is 0.897. The smallest absolute Gasteiger partial charge is 0.358 e. The van der Waals surface area contributed by atoms with Crippen molar-refractivity contribution in [1.29, 1.82) is 0 Å². The average molecular weight is 320 g/mol. The van der Waals surface area contributed by atoms with Gasteiger partial charge in [0.25, 0.3) is 10.0 Å². The molecule has 0 aliphatic heterocycles. The van der Waals surface area contributed by atoms with Gasteiger partial charge >= 0.3 is 5.97 Å². The fourth-order valence-electron chi connectivity index (χ4n) is 1.27. The first-order chi connectivity index (χ1) is 9.09. The summed E-state index contributed by atoms with van der Waals surface area (Å²) < 4.78 is 31.4. The molecule has 1 heterocycles. The summed E-state index contributed by atoms with van der Waals surface area (Å²) in [5.41, 5.74) is 1.13. The number of hydrogen-bond acceptors (Lipinski definition) is 6. The Kier molecular flexibility index (Phi) is 5.28. The lowest BCUT2D eigenvalue weighted by Gasteiger charge is -2.27. The van der Waals surface area contributed by atoms with Crippen LogP contribution in [0.1, 0.15) is 38.2 Å². The van der Waals surface area contributed by atoms with Crippen LogP contribution in [0.25, 0.3) is 0 Å².